The predicted molar refractivity (Wildman–Crippen MR) is 78.9 cm³/mol. The van der Waals surface area contributed by atoms with Gasteiger partial charge in [0.05, 0.1) is 27.0 Å². The molecular formula is C15H16ClNO3. The van der Waals surface area contributed by atoms with E-state index in [2.05, 4.69) is 4.98 Å². The highest BCUT2D eigenvalue weighted by Gasteiger charge is 2.16. The lowest BCUT2D eigenvalue weighted by Crippen LogP contribution is -1.97. The highest BCUT2D eigenvalue weighted by molar-refractivity contribution is 6.17. The summed E-state index contributed by atoms with van der Waals surface area (Å²) in [6, 6.07) is 7.52. The fraction of sp³-hybridized carbons (Fsp3) is 0.267. The number of rotatable bonds is 5. The zero-order valence-electron chi connectivity index (χ0n) is 11.6. The van der Waals surface area contributed by atoms with Crippen molar-refractivity contribution >= 4 is 11.6 Å². The van der Waals surface area contributed by atoms with Gasteiger partial charge in [-0.15, -0.1) is 11.6 Å². The number of ether oxygens (including phenoxy) is 3. The molecule has 0 unspecified atom stereocenters. The van der Waals surface area contributed by atoms with Crippen LogP contribution in [0.5, 0.6) is 17.2 Å². The molecule has 0 amide bonds. The fourth-order valence-electron chi connectivity index (χ4n) is 2.02. The number of pyridine rings is 1. The van der Waals surface area contributed by atoms with Crippen molar-refractivity contribution in [3.63, 3.8) is 0 Å². The van der Waals surface area contributed by atoms with Crippen LogP contribution in [-0.2, 0) is 5.88 Å². The molecule has 0 aliphatic heterocycles. The van der Waals surface area contributed by atoms with Crippen LogP contribution in [0.2, 0.25) is 0 Å². The Balaban J connectivity index is 2.63. The van der Waals surface area contributed by atoms with Crippen LogP contribution < -0.4 is 14.2 Å². The Morgan fingerprint density at radius 2 is 1.70 bits per heavy atom. The first-order valence-electron chi connectivity index (χ1n) is 6.05. The van der Waals surface area contributed by atoms with Gasteiger partial charge >= 0.3 is 0 Å². The molecule has 1 aromatic carbocycles. The summed E-state index contributed by atoms with van der Waals surface area (Å²) in [5.74, 6) is 2.13. The molecule has 0 N–H and O–H groups in total. The highest BCUT2D eigenvalue weighted by atomic mass is 35.5. The van der Waals surface area contributed by atoms with Gasteiger partial charge in [0.2, 0.25) is 5.75 Å². The average molecular weight is 294 g/mol. The van der Waals surface area contributed by atoms with E-state index in [1.807, 2.05) is 24.3 Å². The van der Waals surface area contributed by atoms with Crippen LogP contribution in [0.4, 0.5) is 0 Å². The van der Waals surface area contributed by atoms with Gasteiger partial charge in [0.15, 0.2) is 11.5 Å². The Morgan fingerprint density at radius 3 is 2.20 bits per heavy atom. The van der Waals surface area contributed by atoms with Crippen LogP contribution in [0.3, 0.4) is 0 Å². The van der Waals surface area contributed by atoms with Crippen molar-refractivity contribution in [2.75, 3.05) is 21.3 Å². The first kappa shape index (κ1) is 14.5. The third kappa shape index (κ3) is 2.65. The Hall–Kier alpha value is -1.94. The number of aromatic nitrogens is 1. The molecule has 0 bridgehead atoms. The van der Waals surface area contributed by atoms with Gasteiger partial charge in [0.1, 0.15) is 0 Å². The van der Waals surface area contributed by atoms with Crippen molar-refractivity contribution in [3.05, 3.63) is 36.0 Å². The second-order valence-corrected chi connectivity index (χ2v) is 4.33. The molecule has 5 heteroatoms. The van der Waals surface area contributed by atoms with E-state index in [1.54, 1.807) is 27.5 Å². The van der Waals surface area contributed by atoms with Gasteiger partial charge in [-0.1, -0.05) is 6.07 Å². The van der Waals surface area contributed by atoms with E-state index in [-0.39, 0.29) is 0 Å². The molecule has 4 nitrogen and oxygen atoms in total. The van der Waals surface area contributed by atoms with Gasteiger partial charge in [-0.2, -0.15) is 0 Å². The minimum atomic E-state index is 0.389. The summed E-state index contributed by atoms with van der Waals surface area (Å²) >= 11 is 5.96. The van der Waals surface area contributed by atoms with Crippen LogP contribution in [0, 0.1) is 0 Å². The molecule has 0 radical (unpaired) electrons. The van der Waals surface area contributed by atoms with E-state index in [4.69, 9.17) is 25.8 Å². The van der Waals surface area contributed by atoms with Gasteiger partial charge in [-0.25, -0.2) is 0 Å². The molecule has 2 aromatic rings. The van der Waals surface area contributed by atoms with Gasteiger partial charge in [-0.3, -0.25) is 4.98 Å². The monoisotopic (exact) mass is 293 g/mol. The second kappa shape index (κ2) is 6.48. The summed E-state index contributed by atoms with van der Waals surface area (Å²) < 4.78 is 16.0. The maximum Gasteiger partial charge on any atom is 0.203 e. The van der Waals surface area contributed by atoms with Crippen molar-refractivity contribution in [3.8, 4) is 28.5 Å². The molecule has 0 aliphatic carbocycles. The van der Waals surface area contributed by atoms with Crippen molar-refractivity contribution in [1.82, 2.24) is 4.98 Å². The van der Waals surface area contributed by atoms with Gasteiger partial charge in [0, 0.05) is 17.6 Å². The van der Waals surface area contributed by atoms with Crippen LogP contribution >= 0.6 is 11.6 Å². The average Bonchev–Trinajstić information content (AvgIpc) is 2.53. The highest BCUT2D eigenvalue weighted by Crippen LogP contribution is 2.41. The first-order chi connectivity index (χ1) is 9.74. The minimum Gasteiger partial charge on any atom is -0.493 e. The Morgan fingerprint density at radius 1 is 1.05 bits per heavy atom. The lowest BCUT2D eigenvalue weighted by Gasteiger charge is -2.14. The number of nitrogens with zero attached hydrogens (tertiary/aromatic N) is 1. The Labute approximate surface area is 123 Å². The van der Waals surface area contributed by atoms with E-state index in [1.165, 1.54) is 0 Å². The molecule has 20 heavy (non-hydrogen) atoms. The van der Waals surface area contributed by atoms with Gasteiger partial charge < -0.3 is 14.2 Å². The van der Waals surface area contributed by atoms with E-state index < -0.39 is 0 Å². The summed E-state index contributed by atoms with van der Waals surface area (Å²) in [7, 11) is 4.74. The van der Waals surface area contributed by atoms with E-state index in [9.17, 15) is 0 Å². The smallest absolute Gasteiger partial charge is 0.203 e. The molecule has 2 rings (SSSR count). The number of benzene rings is 1. The van der Waals surface area contributed by atoms with Crippen molar-refractivity contribution < 1.29 is 14.2 Å². The molecule has 0 saturated carbocycles. The van der Waals surface area contributed by atoms with Crippen LogP contribution in [-0.4, -0.2) is 26.3 Å². The summed E-state index contributed by atoms with van der Waals surface area (Å²) in [6.45, 7) is 0. The minimum absolute atomic E-state index is 0.389. The number of hydrogen-bond acceptors (Lipinski definition) is 4. The number of hydrogen-bond donors (Lipinski definition) is 0. The molecule has 1 aromatic heterocycles. The summed E-state index contributed by atoms with van der Waals surface area (Å²) in [5.41, 5.74) is 2.63. The fourth-order valence-corrected chi connectivity index (χ4v) is 2.24. The lowest BCUT2D eigenvalue weighted by molar-refractivity contribution is 0.324. The summed E-state index contributed by atoms with van der Waals surface area (Å²) in [6.07, 6.45) is 1.73. The molecule has 0 spiro atoms. The van der Waals surface area contributed by atoms with Gasteiger partial charge in [0.25, 0.3) is 0 Å². The molecular weight excluding hydrogens is 278 g/mol. The van der Waals surface area contributed by atoms with E-state index >= 15 is 0 Å². The van der Waals surface area contributed by atoms with E-state index in [0.29, 0.717) is 23.1 Å². The molecule has 0 atom stereocenters. The summed E-state index contributed by atoms with van der Waals surface area (Å²) in [5, 5.41) is 0. The molecule has 1 heterocycles. The zero-order chi connectivity index (χ0) is 14.5. The standard InChI is InChI=1S/C15H16ClNO3/c1-18-12-7-11(8-13(19-2)15(12)20-3)14-10(9-16)5-4-6-17-14/h4-8H,9H2,1-3H3. The SMILES string of the molecule is COc1cc(-c2ncccc2CCl)cc(OC)c1OC. The second-order valence-electron chi connectivity index (χ2n) is 4.06. The van der Waals surface area contributed by atoms with E-state index in [0.717, 1.165) is 16.8 Å². The summed E-state index contributed by atoms with van der Waals surface area (Å²) in [4.78, 5) is 4.39. The maximum absolute atomic E-state index is 5.96. The normalized spacial score (nSPS) is 10.2. The predicted octanol–water partition coefficient (Wildman–Crippen LogP) is 3.51. The van der Waals surface area contributed by atoms with Crippen LogP contribution in [0.1, 0.15) is 5.56 Å². The largest absolute Gasteiger partial charge is 0.493 e. The quantitative estimate of drug-likeness (QED) is 0.791. The maximum atomic E-state index is 5.96. The molecule has 0 saturated heterocycles. The third-order valence-corrected chi connectivity index (χ3v) is 3.26. The number of alkyl halides is 1. The Bertz CT molecular complexity index is 576. The topological polar surface area (TPSA) is 40.6 Å². The zero-order valence-corrected chi connectivity index (χ0v) is 12.4. The van der Waals surface area contributed by atoms with Crippen LogP contribution in [0.15, 0.2) is 30.5 Å². The lowest BCUT2D eigenvalue weighted by atomic mass is 10.1. The third-order valence-electron chi connectivity index (χ3n) is 2.97. The first-order valence-corrected chi connectivity index (χ1v) is 6.58. The van der Waals surface area contributed by atoms with Crippen LogP contribution in [0.25, 0.3) is 11.3 Å². The Kier molecular flexibility index (Phi) is 4.69. The molecule has 0 fully saturated rings. The van der Waals surface area contributed by atoms with Gasteiger partial charge in [-0.05, 0) is 23.8 Å². The van der Waals surface area contributed by atoms with Crippen molar-refractivity contribution in [1.29, 1.82) is 0 Å². The number of halogens is 1. The number of methoxy groups -OCH3 is 3. The molecule has 106 valence electrons. The molecule has 0 aliphatic rings. The van der Waals surface area contributed by atoms with Crippen molar-refractivity contribution in [2.24, 2.45) is 0 Å². The van der Waals surface area contributed by atoms with Crippen molar-refractivity contribution in [2.45, 2.75) is 5.88 Å².